The number of carbonyl (C=O) groups is 3. The van der Waals surface area contributed by atoms with E-state index in [1.165, 1.54) is 24.8 Å². The zero-order valence-electron chi connectivity index (χ0n) is 42.4. The highest BCUT2D eigenvalue weighted by atomic mass is 32.1. The number of fused-ring (bicyclic) bond motifs is 1. The van der Waals surface area contributed by atoms with Gasteiger partial charge < -0.3 is 41.1 Å². The number of nitrogens with one attached hydrogen (secondary N) is 5. The Labute approximate surface area is 395 Å². The molecule has 0 heterocycles. The van der Waals surface area contributed by atoms with Crippen LogP contribution < -0.4 is 31.5 Å². The molecule has 2 amide bonds. The molecule has 12 heteroatoms. The predicted octanol–water partition coefficient (Wildman–Crippen LogP) is 9.48. The van der Waals surface area contributed by atoms with Crippen molar-refractivity contribution >= 4 is 59.1 Å². The van der Waals surface area contributed by atoms with Gasteiger partial charge >= 0.3 is 0 Å². The predicted molar refractivity (Wildman–Crippen MR) is 282 cm³/mol. The normalized spacial score (nSPS) is 13.3. The van der Waals surface area contributed by atoms with Crippen molar-refractivity contribution in [3.63, 3.8) is 0 Å². The Hall–Kier alpha value is -4.52. The van der Waals surface area contributed by atoms with E-state index >= 15 is 0 Å². The highest BCUT2D eigenvalue weighted by molar-refractivity contribution is 7.80. The van der Waals surface area contributed by atoms with E-state index in [9.17, 15) is 9.59 Å². The number of allylic oxidation sites excluding steroid dienone is 6. The maximum Gasteiger partial charge on any atom is 0.292 e. The number of likely N-dealkylation sites (N-methyl/N-ethyl adjacent to an activating group) is 1. The molecule has 1 aliphatic rings. The summed E-state index contributed by atoms with van der Waals surface area (Å²) in [6.07, 6.45) is 13.0. The molecule has 11 nitrogen and oxygen atoms in total. The molecular weight excluding hydrogens is 819 g/mol. The van der Waals surface area contributed by atoms with Crippen LogP contribution in [-0.2, 0) is 25.5 Å². The van der Waals surface area contributed by atoms with E-state index in [2.05, 4.69) is 179 Å². The van der Waals surface area contributed by atoms with E-state index in [0.717, 1.165) is 96.3 Å². The zero-order chi connectivity index (χ0) is 48.9. The number of hydrogen-bond donors (Lipinski definition) is 6. The Balaban J connectivity index is 0. The minimum atomic E-state index is -0.115. The van der Waals surface area contributed by atoms with Crippen LogP contribution in [0.5, 0.6) is 0 Å². The van der Waals surface area contributed by atoms with Gasteiger partial charge in [-0.1, -0.05) is 111 Å². The average Bonchev–Trinajstić information content (AvgIpc) is 3.28. The molecule has 5 N–H and O–H groups in total. The summed E-state index contributed by atoms with van der Waals surface area (Å²) in [5.41, 5.74) is 10.1. The fourth-order valence-corrected chi connectivity index (χ4v) is 6.25. The number of rotatable bonds is 21. The molecule has 362 valence electrons. The van der Waals surface area contributed by atoms with Crippen LogP contribution in [0.15, 0.2) is 67.3 Å². The summed E-state index contributed by atoms with van der Waals surface area (Å²) in [6, 6.07) is 13.2. The molecule has 3 rings (SSSR count). The fraction of sp³-hybridized carbons (Fsp3) is 0.558. The Morgan fingerprint density at radius 3 is 2.11 bits per heavy atom. The molecule has 64 heavy (non-hydrogen) atoms. The number of carbonyl (C=O) groups excluding carboxylic acids is 3. The summed E-state index contributed by atoms with van der Waals surface area (Å²) in [4.78, 5) is 37.7. The summed E-state index contributed by atoms with van der Waals surface area (Å²) in [7, 11) is 7.35. The van der Waals surface area contributed by atoms with Gasteiger partial charge in [-0.15, -0.1) is 0 Å². The molecule has 2 aromatic carbocycles. The second kappa shape index (κ2) is 38.9. The smallest absolute Gasteiger partial charge is 0.292 e. The van der Waals surface area contributed by atoms with Gasteiger partial charge in [0.1, 0.15) is 0 Å². The second-order valence-electron chi connectivity index (χ2n) is 16.1. The van der Waals surface area contributed by atoms with Gasteiger partial charge in [0.15, 0.2) is 0 Å². The largest absolute Gasteiger partial charge is 0.471 e. The molecule has 1 atom stereocenters. The van der Waals surface area contributed by atoms with Gasteiger partial charge in [0, 0.05) is 70.7 Å². The van der Waals surface area contributed by atoms with Gasteiger partial charge in [0.2, 0.25) is 11.8 Å². The van der Waals surface area contributed by atoms with Crippen molar-refractivity contribution in [1.82, 2.24) is 26.2 Å². The second-order valence-corrected chi connectivity index (χ2v) is 16.5. The van der Waals surface area contributed by atoms with E-state index in [0.29, 0.717) is 26.0 Å². The van der Waals surface area contributed by atoms with Crippen molar-refractivity contribution < 1.29 is 19.1 Å². The SMILES string of the molecule is C=C1/C=C\C(c2ccc(N(C)CCNCCC)c(NC)c2)=C/Cc2cc(/C(=C/C)NC(C)CN(CCC)C(=O)CNC(=O)CC)ccc21.CC(C)C.CCC.CNCCS.COC=O. The average molecular weight is 908 g/mol. The van der Waals surface area contributed by atoms with Crippen LogP contribution in [0.4, 0.5) is 11.4 Å². The van der Waals surface area contributed by atoms with Crippen LogP contribution in [0.2, 0.25) is 0 Å². The highest BCUT2D eigenvalue weighted by Crippen LogP contribution is 2.32. The minimum Gasteiger partial charge on any atom is -0.471 e. The number of ether oxygens (including phenoxy) is 1. The summed E-state index contributed by atoms with van der Waals surface area (Å²) < 4.78 is 3.86. The third-order valence-corrected chi connectivity index (χ3v) is 9.30. The third-order valence-electron chi connectivity index (χ3n) is 9.08. The summed E-state index contributed by atoms with van der Waals surface area (Å²) in [5.74, 6) is 1.58. The molecule has 0 saturated heterocycles. The minimum absolute atomic E-state index is 0.0102. The summed E-state index contributed by atoms with van der Waals surface area (Å²) >= 11 is 3.94. The number of amides is 2. The van der Waals surface area contributed by atoms with Crippen LogP contribution >= 0.6 is 12.6 Å². The molecule has 0 radical (unpaired) electrons. The molecule has 0 fully saturated rings. The van der Waals surface area contributed by atoms with Crippen molar-refractivity contribution in [2.75, 3.05) is 90.0 Å². The number of nitrogens with zero attached hydrogens (tertiary/aromatic N) is 2. The molecular formula is C52H89N7O4S. The lowest BCUT2D eigenvalue weighted by molar-refractivity contribution is -0.133. The van der Waals surface area contributed by atoms with Crippen molar-refractivity contribution in [2.45, 2.75) is 107 Å². The van der Waals surface area contributed by atoms with E-state index in [1.807, 2.05) is 25.9 Å². The van der Waals surface area contributed by atoms with E-state index in [1.54, 1.807) is 6.92 Å². The summed E-state index contributed by atoms with van der Waals surface area (Å²) in [5, 5.41) is 16.2. The molecule has 0 spiro atoms. The van der Waals surface area contributed by atoms with E-state index in [-0.39, 0.29) is 24.4 Å². The van der Waals surface area contributed by atoms with E-state index < -0.39 is 0 Å². The maximum absolute atomic E-state index is 12.9. The number of thiol groups is 1. The molecule has 0 saturated carbocycles. The Bertz CT molecular complexity index is 1690. The quantitative estimate of drug-likeness (QED) is 0.0413. The van der Waals surface area contributed by atoms with Gasteiger partial charge in [-0.3, -0.25) is 14.4 Å². The van der Waals surface area contributed by atoms with Crippen LogP contribution in [0, 0.1) is 5.92 Å². The Morgan fingerprint density at radius 1 is 0.938 bits per heavy atom. The topological polar surface area (TPSA) is 127 Å². The van der Waals surface area contributed by atoms with Crippen molar-refractivity contribution in [2.24, 2.45) is 5.92 Å². The molecule has 0 bridgehead atoms. The lowest BCUT2D eigenvalue weighted by Gasteiger charge is -2.28. The van der Waals surface area contributed by atoms with Gasteiger partial charge in [-0.2, -0.15) is 12.6 Å². The molecule has 1 unspecified atom stereocenters. The number of hydrogen-bond acceptors (Lipinski definition) is 10. The molecule has 2 aromatic rings. The van der Waals surface area contributed by atoms with Crippen molar-refractivity contribution in [3.8, 4) is 0 Å². The number of anilines is 2. The lowest BCUT2D eigenvalue weighted by atomic mass is 9.90. The highest BCUT2D eigenvalue weighted by Gasteiger charge is 2.18. The standard InChI is InChI=1S/C40H58N6O2.C4H10.C3H9NS.C3H8.C2H4O2/c1-9-21-42-22-24-45(8)38-20-18-32(26-37(38)41-7)31-14-13-29(5)35-19-17-34(25-33(35)16-15-31)36(11-3)44-30(6)28-46(23-10-2)40(48)27-43-39(47)12-4;1-4(2)3;1-4-2-3-5;1-3-2;1-4-2-3/h11,13-15,17-20,25-26,30,41-42,44H,5,9-10,12,16,21-24,27-28H2,1-4,6-8H3,(H,43,47);4H,1-3H3;4-5H,2-3H2,1H3;3H2,1-2H3;2H,1H3/b14-13-,31-15+,36-11-;;;;. The molecule has 1 aliphatic carbocycles. The maximum atomic E-state index is 12.9. The first-order chi connectivity index (χ1) is 30.6. The number of methoxy groups -OCH3 is 1. The molecule has 0 aromatic heterocycles. The number of benzene rings is 2. The third kappa shape index (κ3) is 27.0. The van der Waals surface area contributed by atoms with Gasteiger partial charge in [-0.05, 0) is 104 Å². The van der Waals surface area contributed by atoms with Crippen molar-refractivity contribution in [3.05, 3.63) is 89.5 Å². The van der Waals surface area contributed by atoms with Crippen LogP contribution in [0.25, 0.3) is 16.8 Å². The monoisotopic (exact) mass is 908 g/mol. The van der Waals surface area contributed by atoms with Crippen LogP contribution in [-0.4, -0.2) is 109 Å². The fourth-order valence-electron chi connectivity index (χ4n) is 6.03. The van der Waals surface area contributed by atoms with Crippen molar-refractivity contribution in [1.29, 1.82) is 0 Å². The molecule has 0 aliphatic heterocycles. The summed E-state index contributed by atoms with van der Waals surface area (Å²) in [6.45, 7) is 30.8. The van der Waals surface area contributed by atoms with Crippen LogP contribution in [0.1, 0.15) is 117 Å². The zero-order valence-corrected chi connectivity index (χ0v) is 43.3. The Morgan fingerprint density at radius 2 is 1.59 bits per heavy atom. The van der Waals surface area contributed by atoms with Gasteiger partial charge in [-0.25, -0.2) is 0 Å². The Kier molecular flexibility index (Phi) is 37.4. The van der Waals surface area contributed by atoms with E-state index in [4.69, 9.17) is 4.79 Å². The first kappa shape index (κ1) is 61.6. The first-order valence-electron chi connectivity index (χ1n) is 23.3. The van der Waals surface area contributed by atoms with Crippen LogP contribution in [0.3, 0.4) is 0 Å². The van der Waals surface area contributed by atoms with Gasteiger partial charge in [0.05, 0.1) is 25.0 Å². The lowest BCUT2D eigenvalue weighted by Crippen LogP contribution is -2.46. The van der Waals surface area contributed by atoms with Gasteiger partial charge in [0.25, 0.3) is 6.47 Å². The first-order valence-corrected chi connectivity index (χ1v) is 23.9.